The van der Waals surface area contributed by atoms with Crippen LogP contribution in [0.1, 0.15) is 13.8 Å². The predicted octanol–water partition coefficient (Wildman–Crippen LogP) is -0.475. The quantitative estimate of drug-likeness (QED) is 0.645. The fraction of sp³-hybridized carbons (Fsp3) is 0.500. The summed E-state index contributed by atoms with van der Waals surface area (Å²) in [7, 11) is -3.47. The van der Waals surface area contributed by atoms with Gasteiger partial charge in [0.25, 0.3) is 0 Å². The summed E-state index contributed by atoms with van der Waals surface area (Å²) in [6.45, 7) is 3.52. The van der Waals surface area contributed by atoms with Crippen molar-refractivity contribution in [2.45, 2.75) is 18.6 Å². The van der Waals surface area contributed by atoms with Gasteiger partial charge in [-0.1, -0.05) is 31.2 Å². The van der Waals surface area contributed by atoms with Gasteiger partial charge in [-0.2, -0.15) is 0 Å². The fourth-order valence-corrected chi connectivity index (χ4v) is 3.10. The van der Waals surface area contributed by atoms with E-state index in [1.807, 2.05) is 19.1 Å². The third-order valence-electron chi connectivity index (χ3n) is 2.49. The average Bonchev–Trinajstić information content (AvgIpc) is 2.10. The van der Waals surface area contributed by atoms with E-state index in [4.69, 9.17) is 0 Å². The van der Waals surface area contributed by atoms with Crippen LogP contribution in [0.2, 0.25) is 0 Å². The molecular formula is C8H11BrNNaO2S. The molecule has 2 atom stereocenters. The third-order valence-corrected chi connectivity index (χ3v) is 5.43. The van der Waals surface area contributed by atoms with Crippen molar-refractivity contribution in [1.82, 2.24) is 0 Å². The molecular weight excluding hydrogens is 277 g/mol. The number of hydrogen-bond acceptors (Lipinski definition) is 2. The molecule has 0 heterocycles. The first-order valence-corrected chi connectivity index (χ1v) is 6.03. The maximum Gasteiger partial charge on any atom is 1.00 e. The van der Waals surface area contributed by atoms with Gasteiger partial charge in [-0.15, -0.1) is 0 Å². The van der Waals surface area contributed by atoms with Crippen molar-refractivity contribution < 1.29 is 38.0 Å². The van der Waals surface area contributed by atoms with Crippen LogP contribution < -0.4 is 29.6 Å². The van der Waals surface area contributed by atoms with Crippen LogP contribution in [0.25, 0.3) is 3.75 Å². The summed E-state index contributed by atoms with van der Waals surface area (Å²) in [4.78, 5) is 0. The molecule has 0 aromatic heterocycles. The molecule has 0 fully saturated rings. The smallest absolute Gasteiger partial charge is 0.484 e. The zero-order valence-corrected chi connectivity index (χ0v) is 12.8. The van der Waals surface area contributed by atoms with Gasteiger partial charge in [-0.05, 0) is 12.8 Å². The van der Waals surface area contributed by atoms with Gasteiger partial charge in [0.15, 0.2) is 0 Å². The van der Waals surface area contributed by atoms with Crippen LogP contribution in [0, 0.1) is 5.92 Å². The van der Waals surface area contributed by atoms with Crippen LogP contribution in [-0.2, 0) is 10.0 Å². The Morgan fingerprint density at radius 2 is 2.00 bits per heavy atom. The van der Waals surface area contributed by atoms with Crippen molar-refractivity contribution in [3.63, 3.8) is 0 Å². The normalized spacial score (nSPS) is 31.2. The first-order chi connectivity index (χ1) is 5.94. The Morgan fingerprint density at radius 1 is 1.43 bits per heavy atom. The molecule has 0 amide bonds. The van der Waals surface area contributed by atoms with Crippen LogP contribution in [0.15, 0.2) is 24.3 Å². The van der Waals surface area contributed by atoms with Gasteiger partial charge >= 0.3 is 29.6 Å². The molecule has 0 saturated heterocycles. The summed E-state index contributed by atoms with van der Waals surface area (Å²) in [6.07, 6.45) is 7.10. The molecule has 0 radical (unpaired) electrons. The summed E-state index contributed by atoms with van der Waals surface area (Å²) in [6, 6.07) is 0. The molecule has 0 bridgehead atoms. The Morgan fingerprint density at radius 3 is 2.43 bits per heavy atom. The number of allylic oxidation sites excluding steroid dienone is 3. The van der Waals surface area contributed by atoms with Gasteiger partial charge in [0.05, 0.1) is 14.8 Å². The van der Waals surface area contributed by atoms with Gasteiger partial charge in [-0.25, -0.2) is 24.6 Å². The maximum atomic E-state index is 11.6. The largest absolute Gasteiger partial charge is 1.00 e. The zero-order valence-electron chi connectivity index (χ0n) is 8.44. The fourth-order valence-electron chi connectivity index (χ4n) is 1.22. The van der Waals surface area contributed by atoms with Gasteiger partial charge in [0.2, 0.25) is 0 Å². The van der Waals surface area contributed by atoms with E-state index >= 15 is 0 Å². The molecule has 3 nitrogen and oxygen atoms in total. The van der Waals surface area contributed by atoms with Gasteiger partial charge in [0, 0.05) is 0 Å². The second kappa shape index (κ2) is 5.27. The van der Waals surface area contributed by atoms with Crippen LogP contribution in [-0.4, -0.2) is 13.2 Å². The van der Waals surface area contributed by atoms with E-state index in [1.165, 1.54) is 0 Å². The first kappa shape index (κ1) is 14.9. The number of sulfonamides is 1. The molecule has 0 saturated carbocycles. The minimum Gasteiger partial charge on any atom is -0.484 e. The maximum absolute atomic E-state index is 11.6. The molecule has 0 spiro atoms. The number of nitrogens with zero attached hydrogens (tertiary/aromatic N) is 1. The van der Waals surface area contributed by atoms with Crippen molar-refractivity contribution in [2.24, 2.45) is 5.92 Å². The van der Waals surface area contributed by atoms with E-state index in [-0.39, 0.29) is 35.5 Å². The Labute approximate surface area is 116 Å². The number of halogens is 1. The zero-order chi connectivity index (χ0) is 10.1. The Kier molecular flexibility index (Phi) is 5.60. The number of rotatable bonds is 2. The molecule has 14 heavy (non-hydrogen) atoms. The monoisotopic (exact) mass is 287 g/mol. The van der Waals surface area contributed by atoms with Gasteiger partial charge in [-0.3, -0.25) is 0 Å². The summed E-state index contributed by atoms with van der Waals surface area (Å²) < 4.78 is 25.5. The Hall–Kier alpha value is 0.870. The summed E-state index contributed by atoms with van der Waals surface area (Å²) in [5.74, 6) is -0.0659. The van der Waals surface area contributed by atoms with Crippen LogP contribution >= 0.6 is 16.1 Å². The summed E-state index contributed by atoms with van der Waals surface area (Å²) in [5.41, 5.74) is 0. The van der Waals surface area contributed by atoms with Crippen molar-refractivity contribution in [3.8, 4) is 0 Å². The third kappa shape index (κ3) is 2.51. The SMILES string of the molecule is CC1C=CC=CC1(C)S(=O)(=O)[N-]Br.[Na+]. The molecule has 6 heteroatoms. The molecule has 1 aliphatic carbocycles. The number of hydrogen-bond donors (Lipinski definition) is 0. The van der Waals surface area contributed by atoms with E-state index in [0.717, 1.165) is 0 Å². The minimum atomic E-state index is -3.47. The summed E-state index contributed by atoms with van der Waals surface area (Å²) >= 11 is 2.65. The molecule has 0 aliphatic heterocycles. The second-order valence-electron chi connectivity index (χ2n) is 3.26. The second-order valence-corrected chi connectivity index (χ2v) is 6.10. The van der Waals surface area contributed by atoms with E-state index in [1.54, 1.807) is 19.1 Å². The Balaban J connectivity index is 0.00000169. The van der Waals surface area contributed by atoms with Crippen molar-refractivity contribution in [2.75, 3.05) is 0 Å². The molecule has 0 aromatic carbocycles. The molecule has 1 aliphatic rings. The van der Waals surface area contributed by atoms with Crippen LogP contribution in [0.5, 0.6) is 0 Å². The predicted molar refractivity (Wildman–Crippen MR) is 57.1 cm³/mol. The van der Waals surface area contributed by atoms with Gasteiger partial charge < -0.3 is 3.75 Å². The molecule has 1 rings (SSSR count). The molecule has 2 unspecified atom stereocenters. The van der Waals surface area contributed by atoms with Crippen LogP contribution in [0.3, 0.4) is 0 Å². The first-order valence-electron chi connectivity index (χ1n) is 3.88. The van der Waals surface area contributed by atoms with Crippen LogP contribution in [0.4, 0.5) is 0 Å². The van der Waals surface area contributed by atoms with Crippen molar-refractivity contribution in [3.05, 3.63) is 28.1 Å². The van der Waals surface area contributed by atoms with E-state index < -0.39 is 14.8 Å². The van der Waals surface area contributed by atoms with E-state index in [2.05, 4.69) is 19.9 Å². The Bertz CT molecular complexity index is 352. The standard InChI is InChI=1S/C8H11BrNO2S.Na/c1-7-5-3-4-6-8(7,2)13(11,12)10-9;/h3-7H,1-2H3;/q-1;+1. The van der Waals surface area contributed by atoms with Gasteiger partial charge in [0.1, 0.15) is 0 Å². The van der Waals surface area contributed by atoms with Crippen molar-refractivity contribution >= 4 is 26.2 Å². The summed E-state index contributed by atoms with van der Waals surface area (Å²) in [5, 5.41) is 0. The van der Waals surface area contributed by atoms with E-state index in [9.17, 15) is 8.42 Å². The van der Waals surface area contributed by atoms with E-state index in [0.29, 0.717) is 0 Å². The van der Waals surface area contributed by atoms with Crippen molar-refractivity contribution in [1.29, 1.82) is 0 Å². The topological polar surface area (TPSA) is 48.2 Å². The molecule has 0 aromatic rings. The minimum absolute atomic E-state index is 0. The molecule has 0 N–H and O–H groups in total. The average molecular weight is 288 g/mol. The molecule has 74 valence electrons.